The van der Waals surface area contributed by atoms with Crippen LogP contribution >= 0.6 is 0 Å². The number of aromatic amines is 1. The molecule has 6 rings (SSSR count). The van der Waals surface area contributed by atoms with E-state index < -0.39 is 0 Å². The summed E-state index contributed by atoms with van der Waals surface area (Å²) in [6, 6.07) is 0.0912. The van der Waals surface area contributed by atoms with Gasteiger partial charge in [-0.1, -0.05) is 101 Å². The van der Waals surface area contributed by atoms with Crippen LogP contribution in [-0.2, 0) is 32.0 Å². The minimum atomic E-state index is -0.150. The molecule has 0 spiro atoms. The number of nitrogens with zero attached hydrogens (tertiary/aromatic N) is 2. The topological polar surface area (TPSA) is 125 Å². The Hall–Kier alpha value is -5.31. The van der Waals surface area contributed by atoms with Crippen molar-refractivity contribution >= 4 is 35.2 Å². The number of ether oxygens (including phenoxy) is 1. The van der Waals surface area contributed by atoms with Gasteiger partial charge in [0, 0.05) is 91.0 Å². The van der Waals surface area contributed by atoms with E-state index in [2.05, 4.69) is 124 Å². The number of amides is 1. The summed E-state index contributed by atoms with van der Waals surface area (Å²) in [5.74, 6) is 0.391. The molecule has 360 valence electrons. The summed E-state index contributed by atoms with van der Waals surface area (Å²) in [4.78, 5) is 53.8. The van der Waals surface area contributed by atoms with Crippen LogP contribution in [0.3, 0.4) is 0 Å². The van der Waals surface area contributed by atoms with Crippen molar-refractivity contribution in [3.63, 3.8) is 0 Å². The molecular weight excluding hydrogens is 831 g/mol. The number of hydrogen-bond donors (Lipinski definition) is 3. The number of nitrogens with one attached hydrogen (secondary N) is 3. The van der Waals surface area contributed by atoms with E-state index in [-0.39, 0.29) is 47.6 Å². The molecule has 0 aromatic carbocycles. The molecule has 0 radical (unpaired) electrons. The molecule has 1 saturated carbocycles. The van der Waals surface area contributed by atoms with E-state index in [1.807, 2.05) is 6.08 Å². The number of fused-ring (bicyclic) bond motifs is 6. The van der Waals surface area contributed by atoms with E-state index in [1.165, 1.54) is 33.7 Å². The molecule has 1 aliphatic carbocycles. The number of ketones is 1. The van der Waals surface area contributed by atoms with Gasteiger partial charge in [0.15, 0.2) is 5.78 Å². The van der Waals surface area contributed by atoms with Gasteiger partial charge < -0.3 is 20.4 Å². The molecule has 8 bridgehead atoms. The summed E-state index contributed by atoms with van der Waals surface area (Å²) in [7, 11) is 0. The van der Waals surface area contributed by atoms with E-state index >= 15 is 0 Å². The normalized spacial score (nSPS) is 23.9. The largest absolute Gasteiger partial charge is 0.466 e. The lowest BCUT2D eigenvalue weighted by molar-refractivity contribution is -0.143. The van der Waals surface area contributed by atoms with Crippen molar-refractivity contribution in [3.05, 3.63) is 123 Å². The van der Waals surface area contributed by atoms with Crippen LogP contribution in [0.25, 0.3) is 6.08 Å². The number of unbranched alkanes of at least 4 members (excludes halogenated alkanes) is 3. The first-order chi connectivity index (χ1) is 32.6. The number of carbonyl (C=O) groups is 3. The van der Waals surface area contributed by atoms with Gasteiger partial charge in [0.1, 0.15) is 0 Å². The van der Waals surface area contributed by atoms with Crippen LogP contribution in [0.1, 0.15) is 160 Å². The van der Waals surface area contributed by atoms with Crippen molar-refractivity contribution in [2.45, 2.75) is 175 Å². The molecule has 3 N–H and O–H groups in total. The van der Waals surface area contributed by atoms with Crippen LogP contribution in [0, 0.1) is 18.8 Å². The smallest absolute Gasteiger partial charge is 0.306 e. The average Bonchev–Trinajstić information content (AvgIpc) is 4.07. The Kier molecular flexibility index (Phi) is 19.6. The number of allylic oxidation sites excluding steroid dienone is 14. The first-order valence-corrected chi connectivity index (χ1v) is 25.6. The number of aliphatic imine (C=N–C) groups is 2. The Morgan fingerprint density at radius 1 is 0.806 bits per heavy atom. The molecule has 3 unspecified atom stereocenters. The van der Waals surface area contributed by atoms with Gasteiger partial charge in [0.2, 0.25) is 5.91 Å². The number of rotatable bonds is 24. The highest BCUT2D eigenvalue weighted by atomic mass is 16.5. The maximum Gasteiger partial charge on any atom is 0.306 e. The quantitative estimate of drug-likeness (QED) is 0.0541. The average molecular weight is 910 g/mol. The first kappa shape index (κ1) is 51.1. The van der Waals surface area contributed by atoms with Crippen LogP contribution in [-0.4, -0.2) is 65.3 Å². The second-order valence-electron chi connectivity index (χ2n) is 19.1. The van der Waals surface area contributed by atoms with Crippen molar-refractivity contribution in [1.29, 1.82) is 0 Å². The van der Waals surface area contributed by atoms with Crippen molar-refractivity contribution in [3.8, 4) is 0 Å². The zero-order valence-corrected chi connectivity index (χ0v) is 41.6. The van der Waals surface area contributed by atoms with Gasteiger partial charge in [0.05, 0.1) is 24.4 Å². The summed E-state index contributed by atoms with van der Waals surface area (Å²) in [5, 5.41) is 7.11. The zero-order valence-electron chi connectivity index (χ0n) is 41.6. The van der Waals surface area contributed by atoms with E-state index in [9.17, 15) is 14.4 Å². The molecule has 2 fully saturated rings. The summed E-state index contributed by atoms with van der Waals surface area (Å²) in [6.45, 7) is 18.4. The summed E-state index contributed by atoms with van der Waals surface area (Å²) >= 11 is 0. The number of esters is 1. The van der Waals surface area contributed by atoms with Gasteiger partial charge in [-0.3, -0.25) is 24.4 Å². The van der Waals surface area contributed by atoms with Crippen molar-refractivity contribution < 1.29 is 19.1 Å². The van der Waals surface area contributed by atoms with Gasteiger partial charge in [-0.2, -0.15) is 0 Å². The fraction of sp³-hybridized carbons (Fsp3) is 0.534. The maximum atomic E-state index is 13.8. The molecule has 1 amide bonds. The molecule has 9 nitrogen and oxygen atoms in total. The molecule has 1 saturated heterocycles. The molecular formula is C58H79N5O4. The minimum Gasteiger partial charge on any atom is -0.466 e. The molecule has 67 heavy (non-hydrogen) atoms. The maximum absolute atomic E-state index is 13.8. The second kappa shape index (κ2) is 25.7. The lowest BCUT2D eigenvalue weighted by atomic mass is 9.84. The Morgan fingerprint density at radius 2 is 1.48 bits per heavy atom. The summed E-state index contributed by atoms with van der Waals surface area (Å²) in [5.41, 5.74) is 13.4. The van der Waals surface area contributed by atoms with Crippen LogP contribution < -0.4 is 10.6 Å². The number of Topliss-reactive ketones (excluding diaryl/α,β-unsaturated/α-hetero) is 1. The van der Waals surface area contributed by atoms with Gasteiger partial charge in [0.25, 0.3) is 0 Å². The molecule has 1 aromatic rings. The molecule has 4 aliphatic heterocycles. The third kappa shape index (κ3) is 13.4. The summed E-state index contributed by atoms with van der Waals surface area (Å²) in [6.07, 6.45) is 37.9. The monoisotopic (exact) mass is 910 g/mol. The van der Waals surface area contributed by atoms with Crippen LogP contribution in [0.2, 0.25) is 0 Å². The van der Waals surface area contributed by atoms with E-state index in [4.69, 9.17) is 14.7 Å². The van der Waals surface area contributed by atoms with Crippen molar-refractivity contribution in [2.24, 2.45) is 21.8 Å². The number of aromatic nitrogens is 1. The Labute approximate surface area is 402 Å². The van der Waals surface area contributed by atoms with E-state index in [1.54, 1.807) is 0 Å². The Morgan fingerprint density at radius 3 is 2.16 bits per heavy atom. The van der Waals surface area contributed by atoms with Gasteiger partial charge >= 0.3 is 5.97 Å². The molecule has 1 aromatic heterocycles. The molecule has 5 atom stereocenters. The lowest BCUT2D eigenvalue weighted by Crippen LogP contribution is -2.29. The van der Waals surface area contributed by atoms with Crippen LogP contribution in [0.15, 0.2) is 111 Å². The minimum absolute atomic E-state index is 0.0587. The van der Waals surface area contributed by atoms with Crippen LogP contribution in [0.4, 0.5) is 0 Å². The SMILES string of the molecule is C=Cc1c2[nH]c(c1C)CC1N/C(=C3/CC(=O)C4=C(C)C(CC5=NC(C2)C(C)=C5CC)N=C43)[C@@H](CCC(=O)NCCCCCCOC(=O)CC/C=C\C/C=C\C/C=C\C/C=C\C/C=C\CC)[C@@H]1C. The Bertz CT molecular complexity index is 2270. The third-order valence-corrected chi connectivity index (χ3v) is 14.5. The zero-order chi connectivity index (χ0) is 47.7. The van der Waals surface area contributed by atoms with Crippen LogP contribution in [0.5, 0.6) is 0 Å². The van der Waals surface area contributed by atoms with Gasteiger partial charge in [-0.05, 0) is 125 Å². The third-order valence-electron chi connectivity index (χ3n) is 14.5. The number of carbonyl (C=O) groups excluding carboxylic acids is 3. The number of hydrogen-bond acceptors (Lipinski definition) is 7. The van der Waals surface area contributed by atoms with Crippen molar-refractivity contribution in [2.75, 3.05) is 13.2 Å². The van der Waals surface area contributed by atoms with Gasteiger partial charge in [-0.25, -0.2) is 0 Å². The predicted octanol–water partition coefficient (Wildman–Crippen LogP) is 12.1. The standard InChI is InChI=1S/C58H79N5O4/c1-8-11-12-13-14-15-16-17-18-19-20-21-22-23-24-27-30-55(66)67-34-29-26-25-28-33-59-54(65)32-31-45-41(6)49-36-47-39(4)43(9-2)51(60-47)37-48-40(5)44(10-3)52(61-48)38-50-42(7)56-53(64)35-46(57(45)62-49)58(56)63-50/h9,11-12,14-15,17-18,20-21,23-24,41,45,48-50,60,62H,2,8,10,13,16,19,22,25-38H2,1,3-7H3,(H,59,65)/b12-11-,15-14-,18-17-,21-20-,24-23-,57-46-/t41-,45-,48?,49?,50?/m0/s1. The fourth-order valence-corrected chi connectivity index (χ4v) is 10.6. The van der Waals surface area contributed by atoms with E-state index in [0.717, 1.165) is 111 Å². The fourth-order valence-electron chi connectivity index (χ4n) is 10.6. The highest BCUT2D eigenvalue weighted by Crippen LogP contribution is 2.44. The predicted molar refractivity (Wildman–Crippen MR) is 277 cm³/mol. The molecule has 5 aliphatic rings. The lowest BCUT2D eigenvalue weighted by Gasteiger charge is -2.20. The number of H-pyrrole nitrogens is 1. The molecule has 5 heterocycles. The van der Waals surface area contributed by atoms with Crippen molar-refractivity contribution in [1.82, 2.24) is 15.6 Å². The van der Waals surface area contributed by atoms with E-state index in [0.29, 0.717) is 51.7 Å². The highest BCUT2D eigenvalue weighted by molar-refractivity contribution is 6.37. The summed E-state index contributed by atoms with van der Waals surface area (Å²) < 4.78 is 5.46. The van der Waals surface area contributed by atoms with Gasteiger partial charge in [-0.15, -0.1) is 0 Å². The molecule has 9 heteroatoms. The Balaban J connectivity index is 0.934. The second-order valence-corrected chi connectivity index (χ2v) is 19.1. The first-order valence-electron chi connectivity index (χ1n) is 25.6. The highest BCUT2D eigenvalue weighted by Gasteiger charge is 2.45.